The highest BCUT2D eigenvalue weighted by Gasteiger charge is 2.29. The van der Waals surface area contributed by atoms with Gasteiger partial charge in [-0.25, -0.2) is 9.59 Å². The fourth-order valence-electron chi connectivity index (χ4n) is 4.90. The van der Waals surface area contributed by atoms with Crippen molar-refractivity contribution in [3.63, 3.8) is 0 Å². The second kappa shape index (κ2) is 10.0. The average molecular weight is 471 g/mol. The predicted molar refractivity (Wildman–Crippen MR) is 128 cm³/mol. The highest BCUT2D eigenvalue weighted by Crippen LogP contribution is 2.38. The van der Waals surface area contributed by atoms with Crippen molar-refractivity contribution in [2.75, 3.05) is 5.32 Å². The van der Waals surface area contributed by atoms with E-state index in [0.717, 1.165) is 49.8 Å². The molecule has 0 unspecified atom stereocenters. The zero-order valence-electron chi connectivity index (χ0n) is 19.3. The van der Waals surface area contributed by atoms with Crippen molar-refractivity contribution < 1.29 is 19.1 Å². The number of ether oxygens (including phenoxy) is 2. The van der Waals surface area contributed by atoms with Crippen LogP contribution < -0.4 is 5.32 Å². The molecule has 1 atom stereocenters. The molecule has 1 heterocycles. The molecule has 2 aliphatic carbocycles. The summed E-state index contributed by atoms with van der Waals surface area (Å²) in [6.07, 6.45) is 6.97. The molecule has 0 aliphatic heterocycles. The summed E-state index contributed by atoms with van der Waals surface area (Å²) < 4.78 is 12.4. The topological polar surface area (TPSA) is 106 Å². The highest BCUT2D eigenvalue weighted by molar-refractivity contribution is 5.90. The number of amides is 1. The first kappa shape index (κ1) is 22.7. The predicted octanol–water partition coefficient (Wildman–Crippen LogP) is 4.09. The second-order valence-corrected chi connectivity index (χ2v) is 8.91. The van der Waals surface area contributed by atoms with Crippen LogP contribution in [0.1, 0.15) is 46.2 Å². The van der Waals surface area contributed by atoms with Crippen molar-refractivity contribution in [2.24, 2.45) is 0 Å². The zero-order chi connectivity index (χ0) is 24.2. The summed E-state index contributed by atoms with van der Waals surface area (Å²) in [4.78, 5) is 26.0. The number of hydrogen-bond donors (Lipinski definition) is 1. The number of esters is 1. The minimum atomic E-state index is -1.23. The second-order valence-electron chi connectivity index (χ2n) is 8.91. The molecular formula is C27H26N4O4. The van der Waals surface area contributed by atoms with Crippen molar-refractivity contribution in [3.8, 4) is 6.07 Å². The monoisotopic (exact) mass is 470 g/mol. The van der Waals surface area contributed by atoms with Crippen molar-refractivity contribution in [1.82, 2.24) is 9.78 Å². The van der Waals surface area contributed by atoms with Gasteiger partial charge in [0, 0.05) is 6.20 Å². The van der Waals surface area contributed by atoms with Crippen LogP contribution in [0.25, 0.3) is 0 Å². The molecule has 35 heavy (non-hydrogen) atoms. The lowest BCUT2D eigenvalue weighted by Gasteiger charge is -2.20. The van der Waals surface area contributed by atoms with Crippen molar-refractivity contribution >= 4 is 17.7 Å². The van der Waals surface area contributed by atoms with Crippen molar-refractivity contribution in [3.05, 3.63) is 82.2 Å². The maximum atomic E-state index is 13.0. The molecule has 2 aliphatic rings. The SMILES string of the molecule is N#Cc1cnn(C[C@@H](OC(=O)Nc2c3c(cc4c2CCC4)CCC3)C(=O)OCc2ccccc2)c1. The molecule has 1 amide bonds. The van der Waals surface area contributed by atoms with Gasteiger partial charge in [-0.05, 0) is 66.3 Å². The van der Waals surface area contributed by atoms with Crippen LogP contribution in [-0.4, -0.2) is 27.9 Å². The van der Waals surface area contributed by atoms with Gasteiger partial charge in [0.15, 0.2) is 0 Å². The van der Waals surface area contributed by atoms with Gasteiger partial charge in [0.25, 0.3) is 0 Å². The van der Waals surface area contributed by atoms with Crippen LogP contribution in [-0.2, 0) is 53.1 Å². The third kappa shape index (κ3) is 5.04. The first-order chi connectivity index (χ1) is 17.1. The quantitative estimate of drug-likeness (QED) is 0.521. The standard InChI is InChI=1S/C27H26N4O4/c28-13-19-14-29-31(15-19)16-24(26(32)34-17-18-6-2-1-3-7-18)35-27(33)30-25-22-10-4-8-20(22)12-21-9-5-11-23(21)25/h1-3,6-7,12,14-15,24H,4-5,8-11,16-17H2,(H,30,33)/t24-/m1/s1. The minimum Gasteiger partial charge on any atom is -0.458 e. The number of nitrogens with one attached hydrogen (secondary N) is 1. The number of fused-ring (bicyclic) bond motifs is 2. The number of anilines is 1. The average Bonchev–Trinajstić information content (AvgIpc) is 3.63. The fraction of sp³-hybridized carbons (Fsp3) is 0.333. The maximum absolute atomic E-state index is 13.0. The Morgan fingerprint density at radius 2 is 1.80 bits per heavy atom. The van der Waals surface area contributed by atoms with Gasteiger partial charge in [0.05, 0.1) is 24.0 Å². The molecule has 178 valence electrons. The molecule has 0 spiro atoms. The molecule has 2 aromatic carbocycles. The Labute approximate surface area is 203 Å². The minimum absolute atomic E-state index is 0.0589. The Hall–Kier alpha value is -4.12. The number of nitrogens with zero attached hydrogens (tertiary/aromatic N) is 3. The van der Waals surface area contributed by atoms with Gasteiger partial charge < -0.3 is 9.47 Å². The Morgan fingerprint density at radius 3 is 2.46 bits per heavy atom. The molecule has 8 nitrogen and oxygen atoms in total. The third-order valence-corrected chi connectivity index (χ3v) is 6.55. The van der Waals surface area contributed by atoms with Crippen LogP contribution in [0.2, 0.25) is 0 Å². The lowest BCUT2D eigenvalue weighted by molar-refractivity contribution is -0.155. The molecule has 3 aromatic rings. The molecule has 1 aromatic heterocycles. The summed E-state index contributed by atoms with van der Waals surface area (Å²) >= 11 is 0. The van der Waals surface area contributed by atoms with Crippen LogP contribution in [0.5, 0.6) is 0 Å². The molecule has 0 fully saturated rings. The van der Waals surface area contributed by atoms with Gasteiger partial charge in [0.2, 0.25) is 6.10 Å². The van der Waals surface area contributed by atoms with E-state index >= 15 is 0 Å². The number of carbonyl (C=O) groups excluding carboxylic acids is 2. The molecule has 1 N–H and O–H groups in total. The van der Waals surface area contributed by atoms with Gasteiger partial charge in [-0.15, -0.1) is 0 Å². The number of aryl methyl sites for hydroxylation is 2. The molecule has 0 bridgehead atoms. The van der Waals surface area contributed by atoms with E-state index in [0.29, 0.717) is 5.56 Å². The smallest absolute Gasteiger partial charge is 0.412 e. The first-order valence-electron chi connectivity index (χ1n) is 11.9. The fourth-order valence-corrected chi connectivity index (χ4v) is 4.90. The number of rotatable bonds is 7. The summed E-state index contributed by atoms with van der Waals surface area (Å²) in [5, 5.41) is 16.1. The number of aromatic nitrogens is 2. The summed E-state index contributed by atoms with van der Waals surface area (Å²) in [6, 6.07) is 13.6. The Balaban J connectivity index is 1.33. The van der Waals surface area contributed by atoms with Gasteiger partial charge >= 0.3 is 12.1 Å². The van der Waals surface area contributed by atoms with E-state index in [1.54, 1.807) is 0 Å². The van der Waals surface area contributed by atoms with Crippen LogP contribution in [0, 0.1) is 11.3 Å². The molecule has 0 saturated heterocycles. The first-order valence-corrected chi connectivity index (χ1v) is 11.9. The number of hydrogen-bond acceptors (Lipinski definition) is 6. The molecular weight excluding hydrogens is 444 g/mol. The molecule has 8 heteroatoms. The molecule has 0 radical (unpaired) electrons. The Morgan fingerprint density at radius 1 is 1.09 bits per heavy atom. The number of carbonyl (C=O) groups is 2. The third-order valence-electron chi connectivity index (χ3n) is 6.55. The number of benzene rings is 2. The molecule has 5 rings (SSSR count). The van der Waals surface area contributed by atoms with Gasteiger partial charge in [0.1, 0.15) is 12.7 Å². The maximum Gasteiger partial charge on any atom is 0.412 e. The van der Waals surface area contributed by atoms with Crippen LogP contribution in [0.3, 0.4) is 0 Å². The van der Waals surface area contributed by atoms with E-state index in [2.05, 4.69) is 16.5 Å². The Bertz CT molecular complexity index is 1260. The number of nitriles is 1. The lowest BCUT2D eigenvalue weighted by atomic mass is 9.99. The van der Waals surface area contributed by atoms with Crippen molar-refractivity contribution in [2.45, 2.75) is 57.8 Å². The summed E-state index contributed by atoms with van der Waals surface area (Å²) in [7, 11) is 0. The van der Waals surface area contributed by atoms with E-state index in [4.69, 9.17) is 14.7 Å². The van der Waals surface area contributed by atoms with Crippen LogP contribution >= 0.6 is 0 Å². The summed E-state index contributed by atoms with van der Waals surface area (Å²) in [5.74, 6) is -0.679. The van der Waals surface area contributed by atoms with Gasteiger partial charge in [-0.3, -0.25) is 10.00 Å². The van der Waals surface area contributed by atoms with Crippen LogP contribution in [0.15, 0.2) is 48.8 Å². The summed E-state index contributed by atoms with van der Waals surface area (Å²) in [6.45, 7) is -0.00284. The van der Waals surface area contributed by atoms with Crippen molar-refractivity contribution in [1.29, 1.82) is 5.26 Å². The largest absolute Gasteiger partial charge is 0.458 e. The van der Waals surface area contributed by atoms with Gasteiger partial charge in [-0.2, -0.15) is 10.4 Å². The van der Waals surface area contributed by atoms with E-state index < -0.39 is 18.2 Å². The Kier molecular flexibility index (Phi) is 6.49. The van der Waals surface area contributed by atoms with Gasteiger partial charge in [-0.1, -0.05) is 36.4 Å². The molecule has 0 saturated carbocycles. The van der Waals surface area contributed by atoms with E-state index in [1.165, 1.54) is 39.3 Å². The lowest BCUT2D eigenvalue weighted by Crippen LogP contribution is -2.35. The highest BCUT2D eigenvalue weighted by atomic mass is 16.6. The summed E-state index contributed by atoms with van der Waals surface area (Å²) in [5.41, 5.74) is 6.96. The van der Waals surface area contributed by atoms with E-state index in [-0.39, 0.29) is 13.2 Å². The van der Waals surface area contributed by atoms with Crippen LogP contribution in [0.4, 0.5) is 10.5 Å². The van der Waals surface area contributed by atoms with E-state index in [9.17, 15) is 9.59 Å². The van der Waals surface area contributed by atoms with E-state index in [1.807, 2.05) is 36.4 Å². The zero-order valence-corrected chi connectivity index (χ0v) is 19.3. The normalized spacial score (nSPS) is 14.5.